The van der Waals surface area contributed by atoms with Crippen LogP contribution in [0.25, 0.3) is 5.57 Å². The average molecular weight is 518 g/mol. The number of aromatic nitrogens is 1. The first kappa shape index (κ1) is 24.7. The minimum absolute atomic E-state index is 0.190. The number of nitrogens with zero attached hydrogens (tertiary/aromatic N) is 3. The van der Waals surface area contributed by atoms with Gasteiger partial charge in [0.1, 0.15) is 10.3 Å². The first-order valence-electron chi connectivity index (χ1n) is 12.1. The number of hydrogen-bond donors (Lipinski definition) is 0. The van der Waals surface area contributed by atoms with Gasteiger partial charge in [0.15, 0.2) is 4.80 Å². The van der Waals surface area contributed by atoms with Gasteiger partial charge in [0.2, 0.25) is 0 Å². The molecule has 1 amide bonds. The van der Waals surface area contributed by atoms with Crippen LogP contribution in [0, 0.1) is 0 Å². The fourth-order valence-corrected chi connectivity index (χ4v) is 6.02. The second-order valence-electron chi connectivity index (χ2n) is 8.87. The number of hydrogen-bond acceptors (Lipinski definition) is 7. The summed E-state index contributed by atoms with van der Waals surface area (Å²) >= 11 is 1.17. The van der Waals surface area contributed by atoms with Crippen molar-refractivity contribution in [3.63, 3.8) is 0 Å². The Balaban J connectivity index is 1.78. The van der Waals surface area contributed by atoms with Crippen molar-refractivity contribution in [3.05, 3.63) is 90.6 Å². The SMILES string of the molecule is CCCCN1C(=O)C(=c2sc3n(c2=O)[C@H](c2ccc(OC)cc2)C(C(=O)OC)=C(C)N=3)c2ccccc21. The van der Waals surface area contributed by atoms with Crippen molar-refractivity contribution >= 4 is 34.5 Å². The van der Waals surface area contributed by atoms with Gasteiger partial charge in [0.05, 0.1) is 42.8 Å². The Morgan fingerprint density at radius 3 is 2.49 bits per heavy atom. The zero-order valence-electron chi connectivity index (χ0n) is 21.1. The van der Waals surface area contributed by atoms with Crippen LogP contribution in [-0.2, 0) is 14.3 Å². The summed E-state index contributed by atoms with van der Waals surface area (Å²) in [5.74, 6) is -0.100. The number of carbonyl (C=O) groups excluding carboxylic acids is 2. The van der Waals surface area contributed by atoms with Crippen molar-refractivity contribution in [2.45, 2.75) is 32.7 Å². The molecule has 3 aromatic rings. The first-order chi connectivity index (χ1) is 17.9. The number of carbonyl (C=O) groups is 2. The smallest absolute Gasteiger partial charge is 0.338 e. The summed E-state index contributed by atoms with van der Waals surface area (Å²) in [5.41, 5.74) is 3.00. The number of ether oxygens (including phenoxy) is 2. The summed E-state index contributed by atoms with van der Waals surface area (Å²) in [6.07, 6.45) is 1.80. The fraction of sp³-hybridized carbons (Fsp3) is 0.286. The molecule has 3 heterocycles. The maximum absolute atomic E-state index is 14.1. The van der Waals surface area contributed by atoms with E-state index < -0.39 is 12.0 Å². The van der Waals surface area contributed by atoms with E-state index in [4.69, 9.17) is 9.47 Å². The molecule has 5 rings (SSSR count). The molecule has 0 radical (unpaired) electrons. The highest BCUT2D eigenvalue weighted by atomic mass is 32.1. The minimum atomic E-state index is -0.758. The molecule has 0 unspecified atom stereocenters. The molecule has 8 nitrogen and oxygen atoms in total. The van der Waals surface area contributed by atoms with E-state index in [1.807, 2.05) is 36.4 Å². The monoisotopic (exact) mass is 517 g/mol. The summed E-state index contributed by atoms with van der Waals surface area (Å²) < 4.78 is 12.2. The zero-order chi connectivity index (χ0) is 26.3. The molecule has 2 aromatic carbocycles. The Labute approximate surface area is 217 Å². The second-order valence-corrected chi connectivity index (χ2v) is 9.85. The Hall–Kier alpha value is -3.98. The lowest BCUT2D eigenvalue weighted by Gasteiger charge is -2.24. The van der Waals surface area contributed by atoms with Crippen LogP contribution in [-0.4, -0.2) is 37.2 Å². The van der Waals surface area contributed by atoms with Crippen LogP contribution in [0.1, 0.15) is 43.9 Å². The molecular weight excluding hydrogens is 490 g/mol. The van der Waals surface area contributed by atoms with Crippen LogP contribution < -0.4 is 24.5 Å². The summed E-state index contributed by atoms with van der Waals surface area (Å²) in [5, 5.41) is 0. The van der Waals surface area contributed by atoms with Gasteiger partial charge in [-0.05, 0) is 37.1 Å². The molecule has 0 saturated carbocycles. The normalized spacial score (nSPS) is 17.9. The number of rotatable bonds is 6. The molecule has 0 bridgehead atoms. The van der Waals surface area contributed by atoms with Crippen LogP contribution in [0.2, 0.25) is 0 Å². The highest BCUT2D eigenvalue weighted by Gasteiger charge is 2.37. The number of thiazole rings is 1. The van der Waals surface area contributed by atoms with Crippen LogP contribution >= 0.6 is 11.3 Å². The van der Waals surface area contributed by atoms with E-state index in [2.05, 4.69) is 11.9 Å². The minimum Gasteiger partial charge on any atom is -0.497 e. The molecule has 0 aliphatic carbocycles. The molecule has 0 saturated heterocycles. The standard InChI is InChI=1S/C28H27N3O5S/c1-5-6-15-30-20-10-8-7-9-19(20)22(25(30)32)24-26(33)31-23(17-11-13-18(35-3)14-12-17)21(27(34)36-4)16(2)29-28(31)37-24/h7-14,23H,5-6,15H2,1-4H3/t23-/m1/s1. The number of para-hydroxylation sites is 1. The van der Waals surface area contributed by atoms with Crippen molar-refractivity contribution in [1.82, 2.24) is 4.57 Å². The van der Waals surface area contributed by atoms with Gasteiger partial charge in [-0.2, -0.15) is 0 Å². The van der Waals surface area contributed by atoms with Gasteiger partial charge in [0, 0.05) is 12.1 Å². The Kier molecular flexibility index (Phi) is 6.55. The quantitative estimate of drug-likeness (QED) is 0.469. The molecule has 0 N–H and O–H groups in total. The average Bonchev–Trinajstić information content (AvgIpc) is 3.38. The molecule has 2 aliphatic rings. The number of methoxy groups -OCH3 is 2. The number of allylic oxidation sites excluding steroid dienone is 1. The summed E-state index contributed by atoms with van der Waals surface area (Å²) in [6.45, 7) is 4.38. The van der Waals surface area contributed by atoms with Crippen molar-refractivity contribution in [2.75, 3.05) is 25.7 Å². The molecular formula is C28H27N3O5S. The van der Waals surface area contributed by atoms with E-state index in [0.717, 1.165) is 24.1 Å². The number of anilines is 1. The van der Waals surface area contributed by atoms with Crippen LogP contribution in [0.4, 0.5) is 5.69 Å². The zero-order valence-corrected chi connectivity index (χ0v) is 21.9. The molecule has 1 atom stereocenters. The molecule has 37 heavy (non-hydrogen) atoms. The fourth-order valence-electron chi connectivity index (χ4n) is 4.88. The highest BCUT2D eigenvalue weighted by Crippen LogP contribution is 2.36. The van der Waals surface area contributed by atoms with Gasteiger partial charge in [-0.3, -0.25) is 14.2 Å². The van der Waals surface area contributed by atoms with Gasteiger partial charge in [-0.1, -0.05) is 55.0 Å². The molecule has 2 aliphatic heterocycles. The number of benzene rings is 2. The summed E-state index contributed by atoms with van der Waals surface area (Å²) in [7, 11) is 2.88. The van der Waals surface area contributed by atoms with Crippen molar-refractivity contribution in [1.29, 1.82) is 0 Å². The van der Waals surface area contributed by atoms with Gasteiger partial charge < -0.3 is 14.4 Å². The summed E-state index contributed by atoms with van der Waals surface area (Å²) in [4.78, 5) is 47.4. The lowest BCUT2D eigenvalue weighted by Crippen LogP contribution is -2.40. The predicted octanol–water partition coefficient (Wildman–Crippen LogP) is 2.93. The molecule has 190 valence electrons. The second kappa shape index (κ2) is 9.82. The molecule has 0 fully saturated rings. The van der Waals surface area contributed by atoms with Crippen molar-refractivity contribution < 1.29 is 19.1 Å². The van der Waals surface area contributed by atoms with Crippen molar-refractivity contribution in [2.24, 2.45) is 4.99 Å². The number of esters is 1. The van der Waals surface area contributed by atoms with Gasteiger partial charge >= 0.3 is 5.97 Å². The van der Waals surface area contributed by atoms with Gasteiger partial charge in [0.25, 0.3) is 11.5 Å². The third-order valence-electron chi connectivity index (χ3n) is 6.72. The lowest BCUT2D eigenvalue weighted by molar-refractivity contribution is -0.136. The number of amides is 1. The van der Waals surface area contributed by atoms with E-state index in [1.54, 1.807) is 31.1 Å². The molecule has 1 aromatic heterocycles. The lowest BCUT2D eigenvalue weighted by atomic mass is 9.96. The number of unbranched alkanes of at least 4 members (excludes halogenated alkanes) is 1. The highest BCUT2D eigenvalue weighted by molar-refractivity contribution is 7.07. The largest absolute Gasteiger partial charge is 0.497 e. The van der Waals surface area contributed by atoms with Crippen LogP contribution in [0.15, 0.2) is 69.6 Å². The number of fused-ring (bicyclic) bond motifs is 2. The Morgan fingerprint density at radius 1 is 1.08 bits per heavy atom. The van der Waals surface area contributed by atoms with Crippen molar-refractivity contribution in [3.8, 4) is 5.75 Å². The van der Waals surface area contributed by atoms with Gasteiger partial charge in [-0.25, -0.2) is 9.79 Å². The van der Waals surface area contributed by atoms with E-state index in [0.29, 0.717) is 38.5 Å². The van der Waals surface area contributed by atoms with E-state index >= 15 is 0 Å². The topological polar surface area (TPSA) is 90.2 Å². The van der Waals surface area contributed by atoms with Gasteiger partial charge in [-0.15, -0.1) is 0 Å². The maximum Gasteiger partial charge on any atom is 0.338 e. The predicted molar refractivity (Wildman–Crippen MR) is 141 cm³/mol. The molecule has 0 spiro atoms. The van der Waals surface area contributed by atoms with E-state index in [-0.39, 0.29) is 17.0 Å². The maximum atomic E-state index is 14.1. The van der Waals surface area contributed by atoms with Crippen LogP contribution in [0.3, 0.4) is 0 Å². The molecule has 9 heteroatoms. The van der Waals surface area contributed by atoms with E-state index in [9.17, 15) is 14.4 Å². The van der Waals surface area contributed by atoms with Crippen LogP contribution in [0.5, 0.6) is 5.75 Å². The Bertz CT molecular complexity index is 1610. The summed E-state index contributed by atoms with van der Waals surface area (Å²) in [6, 6.07) is 14.0. The Morgan fingerprint density at radius 2 is 1.81 bits per heavy atom. The first-order valence-corrected chi connectivity index (χ1v) is 12.9. The van der Waals surface area contributed by atoms with E-state index in [1.165, 1.54) is 23.0 Å². The third-order valence-corrected chi connectivity index (χ3v) is 7.77. The third kappa shape index (κ3) is 3.99.